The molecule has 0 bridgehead atoms. The molecule has 8 heteroatoms. The molecule has 0 aliphatic heterocycles. The molecule has 7 nitrogen and oxygen atoms in total. The van der Waals surface area contributed by atoms with Crippen molar-refractivity contribution < 1.29 is 33.1 Å². The molecule has 0 aliphatic rings. The maximum absolute atomic E-state index is 10.5. The van der Waals surface area contributed by atoms with Gasteiger partial charge < -0.3 is 19.3 Å². The van der Waals surface area contributed by atoms with Crippen LogP contribution in [0.15, 0.2) is 0 Å². The smallest absolute Gasteiger partial charge is 0.469 e. The van der Waals surface area contributed by atoms with Crippen molar-refractivity contribution in [2.75, 3.05) is 26.9 Å². The van der Waals surface area contributed by atoms with Gasteiger partial charge in [0.15, 0.2) is 0 Å². The third-order valence-electron chi connectivity index (χ3n) is 1.17. The molecule has 0 amide bonds. The molecule has 0 unspecified atom stereocenters. The Morgan fingerprint density at radius 2 is 1.93 bits per heavy atom. The van der Waals surface area contributed by atoms with Crippen LogP contribution in [0, 0.1) is 0 Å². The largest absolute Gasteiger partial charge is 0.469 e. The Bertz CT molecular complexity index is 210. The van der Waals surface area contributed by atoms with Gasteiger partial charge in [-0.15, -0.1) is 0 Å². The Kier molecular flexibility index (Phi) is 6.69. The first-order valence-corrected chi connectivity index (χ1v) is 5.33. The Hall–Kier alpha value is -0.460. The molecule has 0 aliphatic carbocycles. The molecule has 0 saturated heterocycles. The fourth-order valence-electron chi connectivity index (χ4n) is 0.575. The van der Waals surface area contributed by atoms with E-state index in [1.54, 1.807) is 0 Å². The summed E-state index contributed by atoms with van der Waals surface area (Å²) in [7, 11) is -3.15. The first-order valence-electron chi connectivity index (χ1n) is 3.80. The second-order valence-corrected chi connectivity index (χ2v) is 3.50. The molecule has 0 atom stereocenters. The van der Waals surface area contributed by atoms with Crippen LogP contribution in [0.1, 0.15) is 6.42 Å². The Balaban J connectivity index is 3.23. The van der Waals surface area contributed by atoms with Gasteiger partial charge in [-0.2, -0.15) is 0 Å². The summed E-state index contributed by atoms with van der Waals surface area (Å²) in [5.74, 6) is -0.402. The number of hydrogen-bond donors (Lipinski definition) is 2. The molecule has 0 aromatic rings. The van der Waals surface area contributed by atoms with Crippen molar-refractivity contribution in [2.24, 2.45) is 0 Å². The number of rotatable bonds is 7. The fraction of sp³-hybridized carbons (Fsp3) is 0.833. The predicted molar refractivity (Wildman–Crippen MR) is 45.4 cm³/mol. The zero-order valence-electron chi connectivity index (χ0n) is 7.71. The molecule has 0 spiro atoms. The van der Waals surface area contributed by atoms with Gasteiger partial charge in [0.2, 0.25) is 0 Å². The molecule has 0 heterocycles. The van der Waals surface area contributed by atoms with Crippen LogP contribution in [0.5, 0.6) is 0 Å². The van der Waals surface area contributed by atoms with Gasteiger partial charge in [0.25, 0.3) is 0 Å². The van der Waals surface area contributed by atoms with Crippen LogP contribution in [0.4, 0.5) is 0 Å². The van der Waals surface area contributed by atoms with Crippen molar-refractivity contribution in [3.63, 3.8) is 0 Å². The number of esters is 1. The summed E-state index contributed by atoms with van der Waals surface area (Å²) in [4.78, 5) is 27.1. The van der Waals surface area contributed by atoms with Crippen LogP contribution < -0.4 is 0 Å². The van der Waals surface area contributed by atoms with Crippen molar-refractivity contribution in [1.29, 1.82) is 0 Å². The monoisotopic (exact) mass is 228 g/mol. The summed E-state index contributed by atoms with van der Waals surface area (Å²) >= 11 is 0. The van der Waals surface area contributed by atoms with Gasteiger partial charge >= 0.3 is 13.8 Å². The van der Waals surface area contributed by atoms with E-state index in [9.17, 15) is 9.36 Å². The summed E-state index contributed by atoms with van der Waals surface area (Å²) in [5.41, 5.74) is 0. The number of phosphoric ester groups is 1. The highest BCUT2D eigenvalue weighted by Gasteiger charge is 2.12. The SMILES string of the molecule is COC(=O)CCOCCOP(=O)(O)O. The molecule has 0 fully saturated rings. The first-order chi connectivity index (χ1) is 6.45. The van der Waals surface area contributed by atoms with E-state index < -0.39 is 13.8 Å². The second kappa shape index (κ2) is 6.92. The minimum atomic E-state index is -4.41. The van der Waals surface area contributed by atoms with E-state index >= 15 is 0 Å². The van der Waals surface area contributed by atoms with Crippen molar-refractivity contribution in [1.82, 2.24) is 0 Å². The van der Waals surface area contributed by atoms with Gasteiger partial charge in [0, 0.05) is 0 Å². The lowest BCUT2D eigenvalue weighted by molar-refractivity contribution is -0.141. The predicted octanol–water partition coefficient (Wildman–Crippen LogP) is -0.325. The lowest BCUT2D eigenvalue weighted by atomic mass is 10.5. The van der Waals surface area contributed by atoms with Crippen LogP contribution in [-0.2, 0) is 23.4 Å². The van der Waals surface area contributed by atoms with E-state index in [0.717, 1.165) is 0 Å². The zero-order valence-corrected chi connectivity index (χ0v) is 8.61. The Morgan fingerprint density at radius 3 is 2.43 bits per heavy atom. The molecule has 0 aromatic heterocycles. The van der Waals surface area contributed by atoms with Crippen molar-refractivity contribution in [3.05, 3.63) is 0 Å². The van der Waals surface area contributed by atoms with Gasteiger partial charge in [-0.3, -0.25) is 9.32 Å². The standard InChI is InChI=1S/C6H13O7P/c1-11-6(7)2-3-12-4-5-13-14(8,9)10/h2-5H2,1H3,(H2,8,9,10). The van der Waals surface area contributed by atoms with Crippen LogP contribution in [0.3, 0.4) is 0 Å². The molecule has 0 aromatic carbocycles. The highest BCUT2D eigenvalue weighted by Crippen LogP contribution is 2.35. The normalized spacial score (nSPS) is 11.4. The maximum atomic E-state index is 10.5. The minimum Gasteiger partial charge on any atom is -0.469 e. The molecular weight excluding hydrogens is 215 g/mol. The number of ether oxygens (including phenoxy) is 2. The Morgan fingerprint density at radius 1 is 1.29 bits per heavy atom. The van der Waals surface area contributed by atoms with Gasteiger partial charge in [-0.05, 0) is 0 Å². The Labute approximate surface area is 81.2 Å². The number of methoxy groups -OCH3 is 1. The highest BCUT2D eigenvalue weighted by atomic mass is 31.2. The lowest BCUT2D eigenvalue weighted by Gasteiger charge is -2.05. The quantitative estimate of drug-likeness (QED) is 0.349. The zero-order chi connectivity index (χ0) is 11.0. The number of carbonyl (C=O) groups is 1. The summed E-state index contributed by atoms with van der Waals surface area (Å²) in [6, 6.07) is 0. The minimum absolute atomic E-state index is 0.0160. The molecule has 0 rings (SSSR count). The average molecular weight is 228 g/mol. The van der Waals surface area contributed by atoms with E-state index in [1.165, 1.54) is 7.11 Å². The molecular formula is C6H13O7P. The van der Waals surface area contributed by atoms with Gasteiger partial charge in [0.1, 0.15) is 0 Å². The number of hydrogen-bond acceptors (Lipinski definition) is 5. The van der Waals surface area contributed by atoms with Crippen LogP contribution in [0.25, 0.3) is 0 Å². The van der Waals surface area contributed by atoms with E-state index in [-0.39, 0.29) is 26.2 Å². The van der Waals surface area contributed by atoms with Gasteiger partial charge in [-0.25, -0.2) is 4.57 Å². The molecule has 0 saturated carbocycles. The van der Waals surface area contributed by atoms with Crippen LogP contribution in [0.2, 0.25) is 0 Å². The van der Waals surface area contributed by atoms with Crippen molar-refractivity contribution in [2.45, 2.75) is 6.42 Å². The third-order valence-corrected chi connectivity index (χ3v) is 1.68. The summed E-state index contributed by atoms with van der Waals surface area (Å²) in [6.07, 6.45) is 0.104. The molecule has 14 heavy (non-hydrogen) atoms. The maximum Gasteiger partial charge on any atom is 0.469 e. The third kappa shape index (κ3) is 9.63. The molecule has 2 N–H and O–H groups in total. The number of phosphoric acid groups is 1. The molecule has 0 radical (unpaired) electrons. The topological polar surface area (TPSA) is 102 Å². The van der Waals surface area contributed by atoms with Gasteiger partial charge in [0.05, 0.1) is 33.4 Å². The summed E-state index contributed by atoms with van der Waals surface area (Å²) < 4.78 is 23.4. The van der Waals surface area contributed by atoms with Crippen LogP contribution in [-0.4, -0.2) is 42.7 Å². The summed E-state index contributed by atoms with van der Waals surface area (Å²) in [6.45, 7) is -0.0647. The fourth-order valence-corrected chi connectivity index (χ4v) is 0.887. The molecule has 84 valence electrons. The van der Waals surface area contributed by atoms with Gasteiger partial charge in [-0.1, -0.05) is 0 Å². The highest BCUT2D eigenvalue weighted by molar-refractivity contribution is 7.46. The van der Waals surface area contributed by atoms with Crippen molar-refractivity contribution in [3.8, 4) is 0 Å². The van der Waals surface area contributed by atoms with Crippen LogP contribution >= 0.6 is 7.82 Å². The van der Waals surface area contributed by atoms with Crippen molar-refractivity contribution >= 4 is 13.8 Å². The first kappa shape index (κ1) is 13.5. The van der Waals surface area contributed by atoms with E-state index in [1.807, 2.05) is 0 Å². The van der Waals surface area contributed by atoms with E-state index in [2.05, 4.69) is 9.26 Å². The second-order valence-electron chi connectivity index (χ2n) is 2.26. The summed E-state index contributed by atoms with van der Waals surface area (Å²) in [5, 5.41) is 0. The van der Waals surface area contributed by atoms with E-state index in [0.29, 0.717) is 0 Å². The van der Waals surface area contributed by atoms with E-state index in [4.69, 9.17) is 14.5 Å². The lowest BCUT2D eigenvalue weighted by Crippen LogP contribution is -2.08. The number of carbonyl (C=O) groups excluding carboxylic acids is 1. The average Bonchev–Trinajstić information content (AvgIpc) is 2.08.